The lowest BCUT2D eigenvalue weighted by atomic mass is 10.0. The van der Waals surface area contributed by atoms with Crippen LogP contribution in [0.1, 0.15) is 18.1 Å². The Balaban J connectivity index is 1.66. The Kier molecular flexibility index (Phi) is 7.92. The smallest absolute Gasteiger partial charge is 0.310 e. The van der Waals surface area contributed by atoms with Gasteiger partial charge in [-0.3, -0.25) is 29.8 Å². The van der Waals surface area contributed by atoms with Gasteiger partial charge in [-0.25, -0.2) is 0 Å². The van der Waals surface area contributed by atoms with Crippen LogP contribution in [0, 0.1) is 20.2 Å². The summed E-state index contributed by atoms with van der Waals surface area (Å²) in [6.45, 7) is 2.35. The molecule has 2 aromatic heterocycles. The largest absolute Gasteiger partial charge is 0.466 e. The summed E-state index contributed by atoms with van der Waals surface area (Å²) in [4.78, 5) is 47.0. The third-order valence-electron chi connectivity index (χ3n) is 6.84. The topological polar surface area (TPSA) is 138 Å². The van der Waals surface area contributed by atoms with Crippen LogP contribution in [0.5, 0.6) is 0 Å². The van der Waals surface area contributed by atoms with Gasteiger partial charge in [-0.2, -0.15) is 0 Å². The summed E-state index contributed by atoms with van der Waals surface area (Å²) in [5.74, 6) is -0.385. The number of carbonyl (C=O) groups excluding carboxylic acids is 2. The lowest BCUT2D eigenvalue weighted by Gasteiger charge is -2.13. The molecular formula is C29H23ClN4O7S. The normalized spacial score (nSPS) is 11.1. The number of nitro benzene ring substituents is 2. The van der Waals surface area contributed by atoms with Crippen LogP contribution in [0.25, 0.3) is 32.1 Å². The van der Waals surface area contributed by atoms with E-state index in [9.17, 15) is 29.8 Å². The summed E-state index contributed by atoms with van der Waals surface area (Å²) >= 11 is 7.89. The number of hydrogen-bond donors (Lipinski definition) is 0. The number of non-ortho nitro benzene ring substituents is 2. The highest BCUT2D eigenvalue weighted by Crippen LogP contribution is 2.38. The van der Waals surface area contributed by atoms with E-state index < -0.39 is 21.2 Å². The second kappa shape index (κ2) is 11.6. The molecule has 214 valence electrons. The zero-order valence-corrected chi connectivity index (χ0v) is 24.0. The molecule has 5 rings (SSSR count). The molecule has 0 saturated carbocycles. The summed E-state index contributed by atoms with van der Waals surface area (Å²) < 4.78 is 8.00. The van der Waals surface area contributed by atoms with Gasteiger partial charge in [0.1, 0.15) is 0 Å². The van der Waals surface area contributed by atoms with Gasteiger partial charge < -0.3 is 14.2 Å². The maximum Gasteiger partial charge on any atom is 0.310 e. The van der Waals surface area contributed by atoms with Gasteiger partial charge in [0.2, 0.25) is 6.41 Å². The van der Waals surface area contributed by atoms with Crippen LogP contribution in [0.2, 0.25) is 5.02 Å². The average Bonchev–Trinajstić information content (AvgIpc) is 3.52. The van der Waals surface area contributed by atoms with Gasteiger partial charge in [-0.15, -0.1) is 11.3 Å². The fourth-order valence-corrected chi connectivity index (χ4v) is 6.23. The molecule has 13 heteroatoms. The number of esters is 1. The number of nitrogens with zero attached hydrogens (tertiary/aromatic N) is 4. The Labute approximate surface area is 247 Å². The highest BCUT2D eigenvalue weighted by Gasteiger charge is 2.20. The Hall–Kier alpha value is -4.81. The Morgan fingerprint density at radius 3 is 2.38 bits per heavy atom. The van der Waals surface area contributed by atoms with Crippen molar-refractivity contribution in [2.24, 2.45) is 0 Å². The molecule has 0 spiro atoms. The second-order valence-electron chi connectivity index (χ2n) is 9.53. The van der Waals surface area contributed by atoms with E-state index in [0.717, 1.165) is 32.7 Å². The van der Waals surface area contributed by atoms with Gasteiger partial charge in [-0.1, -0.05) is 23.7 Å². The molecule has 42 heavy (non-hydrogen) atoms. The number of thiophene rings is 1. The number of hydrogen-bond acceptors (Lipinski definition) is 8. The highest BCUT2D eigenvalue weighted by molar-refractivity contribution is 7.18. The highest BCUT2D eigenvalue weighted by atomic mass is 35.5. The number of fused-ring (bicyclic) bond motifs is 2. The quantitative estimate of drug-likeness (QED) is 0.0742. The Morgan fingerprint density at radius 2 is 1.74 bits per heavy atom. The number of halogens is 1. The van der Waals surface area contributed by atoms with Crippen LogP contribution >= 0.6 is 22.9 Å². The van der Waals surface area contributed by atoms with Crippen LogP contribution in [-0.2, 0) is 27.3 Å². The van der Waals surface area contributed by atoms with Crippen LogP contribution < -0.4 is 4.90 Å². The van der Waals surface area contributed by atoms with Crippen molar-refractivity contribution in [2.45, 2.75) is 19.9 Å². The molecular weight excluding hydrogens is 584 g/mol. The van der Waals surface area contributed by atoms with Gasteiger partial charge in [0.15, 0.2) is 0 Å². The molecule has 0 fully saturated rings. The fraction of sp³-hybridized carbons (Fsp3) is 0.172. The average molecular weight is 607 g/mol. The van der Waals surface area contributed by atoms with Crippen molar-refractivity contribution in [3.63, 3.8) is 0 Å². The first-order valence-corrected chi connectivity index (χ1v) is 13.9. The molecule has 1 amide bonds. The minimum absolute atomic E-state index is 0.0312. The zero-order valence-electron chi connectivity index (χ0n) is 22.4. The van der Waals surface area contributed by atoms with Crippen molar-refractivity contribution in [1.29, 1.82) is 0 Å². The number of benzene rings is 3. The molecule has 0 atom stereocenters. The van der Waals surface area contributed by atoms with E-state index in [1.54, 1.807) is 38.2 Å². The molecule has 0 unspecified atom stereocenters. The Morgan fingerprint density at radius 1 is 1.02 bits per heavy atom. The lowest BCUT2D eigenvalue weighted by Crippen LogP contribution is -2.13. The molecule has 11 nitrogen and oxygen atoms in total. The lowest BCUT2D eigenvalue weighted by molar-refractivity contribution is -0.394. The molecule has 5 aromatic rings. The number of aromatic nitrogens is 1. The van der Waals surface area contributed by atoms with Crippen LogP contribution in [0.3, 0.4) is 0 Å². The predicted octanol–water partition coefficient (Wildman–Crippen LogP) is 6.74. The van der Waals surface area contributed by atoms with E-state index in [2.05, 4.69) is 0 Å². The molecule has 0 aliphatic carbocycles. The van der Waals surface area contributed by atoms with Gasteiger partial charge in [0.25, 0.3) is 11.4 Å². The minimum atomic E-state index is -0.668. The van der Waals surface area contributed by atoms with Crippen molar-refractivity contribution in [3.05, 3.63) is 96.5 Å². The summed E-state index contributed by atoms with van der Waals surface area (Å²) in [5.41, 5.74) is 3.10. The van der Waals surface area contributed by atoms with Crippen molar-refractivity contribution in [2.75, 3.05) is 18.6 Å². The van der Waals surface area contributed by atoms with E-state index in [4.69, 9.17) is 16.3 Å². The van der Waals surface area contributed by atoms with Crippen LogP contribution in [-0.4, -0.2) is 40.4 Å². The third-order valence-corrected chi connectivity index (χ3v) is 8.13. The number of rotatable bonds is 10. The number of nitro groups is 2. The monoisotopic (exact) mass is 606 g/mol. The van der Waals surface area contributed by atoms with Crippen molar-refractivity contribution in [3.8, 4) is 11.1 Å². The van der Waals surface area contributed by atoms with E-state index in [1.165, 1.54) is 28.4 Å². The summed E-state index contributed by atoms with van der Waals surface area (Å²) in [5, 5.41) is 27.1. The number of carbonyl (C=O) groups is 2. The van der Waals surface area contributed by atoms with Gasteiger partial charge in [-0.05, 0) is 52.8 Å². The van der Waals surface area contributed by atoms with Crippen molar-refractivity contribution < 1.29 is 24.2 Å². The number of amides is 1. The predicted molar refractivity (Wildman–Crippen MR) is 161 cm³/mol. The SMILES string of the molecule is CCOC(=O)Cc1cn(Cc2csc3c(N(C)C=O)cc(Cl)cc23)c2cc(-c3cc([N+](=O)[O-])cc([N+](=O)[O-])c3)ccc12. The minimum Gasteiger partial charge on any atom is -0.466 e. The zero-order chi connectivity index (χ0) is 30.1. The summed E-state index contributed by atoms with van der Waals surface area (Å²) in [6, 6.07) is 12.4. The molecule has 0 saturated heterocycles. The van der Waals surface area contributed by atoms with Crippen LogP contribution in [0.4, 0.5) is 17.1 Å². The molecule has 0 aliphatic heterocycles. The first-order valence-electron chi connectivity index (χ1n) is 12.7. The summed E-state index contributed by atoms with van der Waals surface area (Å²) in [6.07, 6.45) is 2.60. The molecule has 0 bridgehead atoms. The molecule has 0 radical (unpaired) electrons. The molecule has 0 N–H and O–H groups in total. The second-order valence-corrected chi connectivity index (χ2v) is 10.8. The van der Waals surface area contributed by atoms with E-state index in [-0.39, 0.29) is 19.0 Å². The Bertz CT molecular complexity index is 1870. The first-order chi connectivity index (χ1) is 20.1. The van der Waals surface area contributed by atoms with Gasteiger partial charge >= 0.3 is 5.97 Å². The van der Waals surface area contributed by atoms with Crippen molar-refractivity contribution in [1.82, 2.24) is 4.57 Å². The maximum atomic E-state index is 12.4. The summed E-state index contributed by atoms with van der Waals surface area (Å²) in [7, 11) is 1.65. The third kappa shape index (κ3) is 5.54. The number of anilines is 1. The molecule has 0 aliphatic rings. The van der Waals surface area contributed by atoms with E-state index >= 15 is 0 Å². The standard InChI is InChI=1S/C29H23ClN4O7S/c1-3-41-28(36)9-19-13-32(14-20-15-42-29-25(20)10-21(30)11-27(29)31(2)16-35)26-8-17(4-5-24(19)26)18-6-22(33(37)38)12-23(7-18)34(39)40/h4-8,10-13,15-16H,3,9,14H2,1-2H3. The molecule has 2 heterocycles. The fourth-order valence-electron chi connectivity index (χ4n) is 4.92. The van der Waals surface area contributed by atoms with Crippen LogP contribution in [0.15, 0.2) is 60.1 Å². The molecule has 3 aromatic carbocycles. The van der Waals surface area contributed by atoms with E-state index in [0.29, 0.717) is 40.3 Å². The van der Waals surface area contributed by atoms with Gasteiger partial charge in [0, 0.05) is 53.2 Å². The van der Waals surface area contributed by atoms with Gasteiger partial charge in [0.05, 0.1) is 39.3 Å². The van der Waals surface area contributed by atoms with E-state index in [1.807, 2.05) is 22.2 Å². The first kappa shape index (κ1) is 28.7. The van der Waals surface area contributed by atoms with Crippen molar-refractivity contribution >= 4 is 73.4 Å². The maximum absolute atomic E-state index is 12.4. The number of ether oxygens (including phenoxy) is 1.